The summed E-state index contributed by atoms with van der Waals surface area (Å²) < 4.78 is 8.02. The minimum atomic E-state index is -0.0599. The zero-order chi connectivity index (χ0) is 24.1. The molecule has 2 aromatic rings. The van der Waals surface area contributed by atoms with Crippen LogP contribution in [0.2, 0.25) is 0 Å². The summed E-state index contributed by atoms with van der Waals surface area (Å²) in [6, 6.07) is 7.09. The fourth-order valence-corrected chi connectivity index (χ4v) is 15.7. The molecule has 11 heteroatoms. The zero-order valence-electron chi connectivity index (χ0n) is 18.5. The van der Waals surface area contributed by atoms with Gasteiger partial charge >= 0.3 is 0 Å². The molecule has 2 nitrogen and oxygen atoms in total. The van der Waals surface area contributed by atoms with Gasteiger partial charge in [-0.1, -0.05) is 111 Å². The van der Waals surface area contributed by atoms with Crippen LogP contribution in [-0.2, 0) is 0 Å². The largest absolute Gasteiger partial charge is 0.288 e. The smallest absolute Gasteiger partial charge is 0.201 e. The van der Waals surface area contributed by atoms with E-state index in [0.717, 1.165) is 12.6 Å². The van der Waals surface area contributed by atoms with Crippen LogP contribution < -0.4 is 8.38 Å². The summed E-state index contributed by atoms with van der Waals surface area (Å²) in [4.78, 5) is 27.2. The molecule has 0 saturated carbocycles. The van der Waals surface area contributed by atoms with E-state index in [9.17, 15) is 9.59 Å². The lowest BCUT2D eigenvalue weighted by Gasteiger charge is -2.13. The Morgan fingerprint density at radius 2 is 1.24 bits per heavy atom. The quantitative estimate of drug-likeness (QED) is 0.316. The number of carbonyl (C=O) groups is 2. The molecular formula is C23H18O2S9. The summed E-state index contributed by atoms with van der Waals surface area (Å²) in [6.45, 7) is 8.92. The van der Waals surface area contributed by atoms with E-state index in [0.29, 0.717) is 31.4 Å². The number of Topliss-reactive ketones (excluding diaryl/α,β-unsaturated/α-hetero) is 2. The number of allylic oxidation sites excluding steroid dienone is 2. The summed E-state index contributed by atoms with van der Waals surface area (Å²) in [5, 5.41) is 1.06. The minimum Gasteiger partial charge on any atom is -0.288 e. The van der Waals surface area contributed by atoms with Crippen LogP contribution in [0, 0.1) is 3.82 Å². The third-order valence-corrected chi connectivity index (χ3v) is 16.4. The topological polar surface area (TPSA) is 34.1 Å². The molecule has 0 spiro atoms. The first kappa shape index (κ1) is 25.8. The highest BCUT2D eigenvalue weighted by Gasteiger charge is 2.38. The van der Waals surface area contributed by atoms with E-state index in [1.807, 2.05) is 47.0 Å². The number of rotatable bonds is 4. The second-order valence-corrected chi connectivity index (χ2v) is 19.1. The highest BCUT2D eigenvalue weighted by atomic mass is 32.3. The van der Waals surface area contributed by atoms with Crippen LogP contribution in [0.15, 0.2) is 42.6 Å². The molecule has 3 heterocycles. The number of hydrogen-bond acceptors (Lipinski definition) is 11. The van der Waals surface area contributed by atoms with Crippen molar-refractivity contribution in [2.45, 2.75) is 38.2 Å². The molecular weight excluding hydrogens is 597 g/mol. The molecule has 1 aliphatic carbocycles. The van der Waals surface area contributed by atoms with Crippen LogP contribution >= 0.6 is 105 Å². The van der Waals surface area contributed by atoms with E-state index in [2.05, 4.69) is 27.7 Å². The Labute approximate surface area is 237 Å². The zero-order valence-corrected chi connectivity index (χ0v) is 25.8. The first-order chi connectivity index (χ1) is 16.2. The summed E-state index contributed by atoms with van der Waals surface area (Å²) in [5.41, 5.74) is 0.999. The molecule has 0 bridgehead atoms. The molecule has 0 radical (unpaired) electrons. The number of benzene rings is 1. The molecule has 0 atom stereocenters. The summed E-state index contributed by atoms with van der Waals surface area (Å²) >= 11 is 19.5. The van der Waals surface area contributed by atoms with Crippen LogP contribution in [0.3, 0.4) is 0 Å². The normalized spacial score (nSPS) is 18.2. The Morgan fingerprint density at radius 3 is 1.71 bits per heavy atom. The van der Waals surface area contributed by atoms with Gasteiger partial charge in [-0.2, -0.15) is 0 Å². The predicted molar refractivity (Wildman–Crippen MR) is 164 cm³/mol. The van der Waals surface area contributed by atoms with Crippen LogP contribution in [0.25, 0.3) is 8.47 Å². The van der Waals surface area contributed by atoms with E-state index in [1.165, 1.54) is 40.1 Å². The number of carbonyl (C=O) groups excluding carboxylic acids is 2. The van der Waals surface area contributed by atoms with Crippen molar-refractivity contribution >= 4 is 126 Å². The van der Waals surface area contributed by atoms with Crippen LogP contribution in [0.5, 0.6) is 0 Å². The van der Waals surface area contributed by atoms with Crippen LogP contribution in [-0.4, -0.2) is 22.1 Å². The van der Waals surface area contributed by atoms with Crippen LogP contribution in [0.1, 0.15) is 48.4 Å². The molecule has 0 fully saturated rings. The van der Waals surface area contributed by atoms with Crippen molar-refractivity contribution in [2.75, 3.05) is 0 Å². The predicted octanol–water partition coefficient (Wildman–Crippen LogP) is 8.33. The third kappa shape index (κ3) is 4.98. The van der Waals surface area contributed by atoms with Crippen molar-refractivity contribution < 1.29 is 9.59 Å². The molecule has 5 rings (SSSR count). The van der Waals surface area contributed by atoms with Gasteiger partial charge in [-0.3, -0.25) is 9.59 Å². The highest BCUT2D eigenvalue weighted by Crippen LogP contribution is 2.59. The van der Waals surface area contributed by atoms with Gasteiger partial charge in [0.05, 0.1) is 31.3 Å². The molecule has 0 unspecified atom stereocenters. The summed E-state index contributed by atoms with van der Waals surface area (Å²) in [7, 11) is 0. The van der Waals surface area contributed by atoms with E-state index in [-0.39, 0.29) is 11.6 Å². The van der Waals surface area contributed by atoms with Crippen molar-refractivity contribution in [1.82, 2.24) is 0 Å². The standard InChI is InChI=1S/C23H18O2S9/c1-9(2)27-20-21(28-10(3)4)34-23(33-20)22-31-17(18(26)32-22)19-29-15-13(24)11-7-5-6-8-12(11)14(25)16(15)30-19/h5-10H,1-4H3. The van der Waals surface area contributed by atoms with Gasteiger partial charge in [0, 0.05) is 21.6 Å². The molecule has 0 saturated heterocycles. The SMILES string of the molecule is CC(C)SC1=C(SC(C)C)SC(=c2sc(=S)c(=C3SC4=C(S3)C(=O)c3ccccc3C4=O)s2)S1. The Morgan fingerprint density at radius 1 is 0.735 bits per heavy atom. The maximum absolute atomic E-state index is 13.1. The molecule has 3 aliphatic rings. The van der Waals surface area contributed by atoms with Crippen molar-refractivity contribution in [3.63, 3.8) is 0 Å². The average Bonchev–Trinajstić information content (AvgIpc) is 3.49. The molecule has 176 valence electrons. The molecule has 1 aromatic heterocycles. The van der Waals surface area contributed by atoms with Gasteiger partial charge in [-0.05, 0) is 0 Å². The van der Waals surface area contributed by atoms with Gasteiger partial charge in [0.1, 0.15) is 7.67 Å². The molecule has 0 amide bonds. The first-order valence-corrected chi connectivity index (χ1v) is 17.4. The number of ketones is 2. The molecule has 0 N–H and O–H groups in total. The van der Waals surface area contributed by atoms with Gasteiger partial charge in [-0.25, -0.2) is 0 Å². The Kier molecular flexibility index (Phi) is 7.96. The van der Waals surface area contributed by atoms with Crippen LogP contribution in [0.4, 0.5) is 0 Å². The van der Waals surface area contributed by atoms with Crippen molar-refractivity contribution in [3.8, 4) is 0 Å². The Balaban J connectivity index is 1.51. The lowest BCUT2D eigenvalue weighted by atomic mass is 9.94. The van der Waals surface area contributed by atoms with E-state index in [1.54, 1.807) is 46.9 Å². The second-order valence-electron chi connectivity index (χ2n) is 7.86. The Hall–Kier alpha value is 0.150. The van der Waals surface area contributed by atoms with Crippen molar-refractivity contribution in [1.29, 1.82) is 0 Å². The summed E-state index contributed by atoms with van der Waals surface area (Å²) in [5.74, 6) is -0.120. The second kappa shape index (κ2) is 10.5. The average molecular weight is 615 g/mol. The number of thioether (sulfide) groups is 6. The lowest BCUT2D eigenvalue weighted by molar-refractivity contribution is 0.0988. The molecule has 2 aliphatic heterocycles. The van der Waals surface area contributed by atoms with E-state index >= 15 is 0 Å². The van der Waals surface area contributed by atoms with Crippen molar-refractivity contribution in [2.24, 2.45) is 0 Å². The van der Waals surface area contributed by atoms with Gasteiger partial charge in [-0.15, -0.1) is 46.2 Å². The van der Waals surface area contributed by atoms with E-state index in [4.69, 9.17) is 12.2 Å². The third-order valence-electron chi connectivity index (χ3n) is 4.57. The maximum atomic E-state index is 13.1. The lowest BCUT2D eigenvalue weighted by Crippen LogP contribution is -2.17. The Bertz CT molecular complexity index is 1400. The van der Waals surface area contributed by atoms with Gasteiger partial charge < -0.3 is 0 Å². The van der Waals surface area contributed by atoms with Gasteiger partial charge in [0.15, 0.2) is 0 Å². The number of hydrogen-bond donors (Lipinski definition) is 0. The first-order valence-electron chi connectivity index (χ1n) is 10.3. The highest BCUT2D eigenvalue weighted by molar-refractivity contribution is 8.46. The van der Waals surface area contributed by atoms with Gasteiger partial charge in [0.2, 0.25) is 11.6 Å². The summed E-state index contributed by atoms with van der Waals surface area (Å²) in [6.07, 6.45) is 0. The fourth-order valence-electron chi connectivity index (χ4n) is 3.24. The molecule has 1 aromatic carbocycles. The van der Waals surface area contributed by atoms with E-state index < -0.39 is 0 Å². The maximum Gasteiger partial charge on any atom is 0.201 e. The number of fused-ring (bicyclic) bond motifs is 1. The fraction of sp³-hybridized carbons (Fsp3) is 0.261. The molecule has 34 heavy (non-hydrogen) atoms. The van der Waals surface area contributed by atoms with Gasteiger partial charge in [0.25, 0.3) is 0 Å². The minimum absolute atomic E-state index is 0.0599. The van der Waals surface area contributed by atoms with Crippen molar-refractivity contribution in [3.05, 3.63) is 65.9 Å². The monoisotopic (exact) mass is 614 g/mol.